The number of pyridine rings is 1. The summed E-state index contributed by atoms with van der Waals surface area (Å²) in [6.45, 7) is 7.09. The Balaban J connectivity index is 2.23. The molecule has 0 amide bonds. The van der Waals surface area contributed by atoms with Gasteiger partial charge in [-0.15, -0.1) is 5.10 Å². The Kier molecular flexibility index (Phi) is 3.77. The molecule has 0 aliphatic rings. The lowest BCUT2D eigenvalue weighted by Crippen LogP contribution is -2.35. The lowest BCUT2D eigenvalue weighted by molar-refractivity contribution is 0.418. The maximum Gasteiger partial charge on any atom is 0.0861 e. The standard InChI is InChI=1S/C12H16BrN5/c1-12(2,3)15-7-11-8-16-17-18(11)10-4-9(13)5-14-6-10/h4-6,8,15H,7H2,1-3H3. The van der Waals surface area contributed by atoms with E-state index in [2.05, 4.69) is 57.3 Å². The van der Waals surface area contributed by atoms with Crippen LogP contribution in [-0.4, -0.2) is 25.5 Å². The molecule has 1 N–H and O–H groups in total. The van der Waals surface area contributed by atoms with Crippen molar-refractivity contribution in [1.29, 1.82) is 0 Å². The smallest absolute Gasteiger partial charge is 0.0861 e. The minimum Gasteiger partial charge on any atom is -0.306 e. The van der Waals surface area contributed by atoms with Crippen molar-refractivity contribution in [2.24, 2.45) is 0 Å². The summed E-state index contributed by atoms with van der Waals surface area (Å²) < 4.78 is 2.71. The van der Waals surface area contributed by atoms with E-state index in [9.17, 15) is 0 Å². The van der Waals surface area contributed by atoms with Gasteiger partial charge in [-0.3, -0.25) is 4.98 Å². The van der Waals surface area contributed by atoms with Crippen molar-refractivity contribution in [3.05, 3.63) is 34.8 Å². The van der Waals surface area contributed by atoms with E-state index in [1.165, 1.54) is 0 Å². The van der Waals surface area contributed by atoms with E-state index in [0.29, 0.717) is 6.54 Å². The summed E-state index contributed by atoms with van der Waals surface area (Å²) in [6.07, 6.45) is 5.27. The van der Waals surface area contributed by atoms with Crippen molar-refractivity contribution >= 4 is 15.9 Å². The molecule has 0 saturated heterocycles. The molecule has 0 fully saturated rings. The number of rotatable bonds is 3. The van der Waals surface area contributed by atoms with Crippen LogP contribution < -0.4 is 5.32 Å². The van der Waals surface area contributed by atoms with Crippen LogP contribution in [0.15, 0.2) is 29.1 Å². The Hall–Kier alpha value is -1.27. The maximum absolute atomic E-state index is 4.13. The van der Waals surface area contributed by atoms with Crippen molar-refractivity contribution in [2.75, 3.05) is 0 Å². The van der Waals surface area contributed by atoms with Gasteiger partial charge < -0.3 is 5.32 Å². The molecular formula is C12H16BrN5. The fourth-order valence-electron chi connectivity index (χ4n) is 1.47. The predicted molar refractivity (Wildman–Crippen MR) is 73.4 cm³/mol. The van der Waals surface area contributed by atoms with Gasteiger partial charge >= 0.3 is 0 Å². The number of halogens is 1. The molecular weight excluding hydrogens is 294 g/mol. The molecule has 5 nitrogen and oxygen atoms in total. The second-order valence-electron chi connectivity index (χ2n) is 5.10. The zero-order chi connectivity index (χ0) is 13.2. The number of aromatic nitrogens is 4. The summed E-state index contributed by atoms with van der Waals surface area (Å²) in [6, 6.07) is 1.96. The highest BCUT2D eigenvalue weighted by molar-refractivity contribution is 9.10. The Morgan fingerprint density at radius 3 is 2.72 bits per heavy atom. The summed E-state index contributed by atoms with van der Waals surface area (Å²) in [5.41, 5.74) is 1.96. The molecule has 0 bridgehead atoms. The molecule has 0 unspecified atom stereocenters. The Morgan fingerprint density at radius 2 is 2.06 bits per heavy atom. The van der Waals surface area contributed by atoms with E-state index in [-0.39, 0.29) is 5.54 Å². The lowest BCUT2D eigenvalue weighted by atomic mass is 10.1. The van der Waals surface area contributed by atoms with E-state index >= 15 is 0 Å². The molecule has 0 aliphatic carbocycles. The molecule has 2 aromatic rings. The molecule has 0 saturated carbocycles. The quantitative estimate of drug-likeness (QED) is 0.945. The zero-order valence-electron chi connectivity index (χ0n) is 10.7. The molecule has 2 rings (SSSR count). The average molecular weight is 310 g/mol. The van der Waals surface area contributed by atoms with Crippen LogP contribution in [0.1, 0.15) is 26.5 Å². The van der Waals surface area contributed by atoms with Gasteiger partial charge in [0.1, 0.15) is 0 Å². The minimum absolute atomic E-state index is 0.0601. The van der Waals surface area contributed by atoms with E-state index in [4.69, 9.17) is 0 Å². The van der Waals surface area contributed by atoms with Crippen LogP contribution >= 0.6 is 15.9 Å². The van der Waals surface area contributed by atoms with Crippen molar-refractivity contribution < 1.29 is 0 Å². The van der Waals surface area contributed by atoms with Crippen molar-refractivity contribution in [1.82, 2.24) is 25.3 Å². The molecule has 0 aromatic carbocycles. The minimum atomic E-state index is 0.0601. The van der Waals surface area contributed by atoms with Crippen LogP contribution in [0.25, 0.3) is 5.69 Å². The van der Waals surface area contributed by atoms with Crippen molar-refractivity contribution in [3.8, 4) is 5.69 Å². The molecule has 6 heteroatoms. The van der Waals surface area contributed by atoms with E-state index in [1.807, 2.05) is 6.07 Å². The highest BCUT2D eigenvalue weighted by atomic mass is 79.9. The lowest BCUT2D eigenvalue weighted by Gasteiger charge is -2.20. The molecule has 0 radical (unpaired) electrons. The second-order valence-corrected chi connectivity index (χ2v) is 6.02. The zero-order valence-corrected chi connectivity index (χ0v) is 12.3. The van der Waals surface area contributed by atoms with Crippen LogP contribution in [0.4, 0.5) is 0 Å². The SMILES string of the molecule is CC(C)(C)NCc1cnnn1-c1cncc(Br)c1. The van der Waals surface area contributed by atoms with Crippen LogP contribution in [0, 0.1) is 0 Å². The van der Waals surface area contributed by atoms with E-state index in [1.54, 1.807) is 23.3 Å². The molecule has 0 aliphatic heterocycles. The third kappa shape index (κ3) is 3.36. The Morgan fingerprint density at radius 1 is 1.28 bits per heavy atom. The first-order valence-corrected chi connectivity index (χ1v) is 6.50. The van der Waals surface area contributed by atoms with E-state index < -0.39 is 0 Å². The first-order chi connectivity index (χ1) is 8.46. The van der Waals surface area contributed by atoms with Gasteiger partial charge in [-0.2, -0.15) is 0 Å². The topological polar surface area (TPSA) is 55.6 Å². The molecule has 2 aromatic heterocycles. The van der Waals surface area contributed by atoms with Crippen LogP contribution in [0.5, 0.6) is 0 Å². The predicted octanol–water partition coefficient (Wildman–Crippen LogP) is 2.31. The number of nitrogens with zero attached hydrogens (tertiary/aromatic N) is 4. The van der Waals surface area contributed by atoms with Crippen molar-refractivity contribution in [3.63, 3.8) is 0 Å². The molecule has 96 valence electrons. The summed E-state index contributed by atoms with van der Waals surface area (Å²) in [5, 5.41) is 11.5. The summed E-state index contributed by atoms with van der Waals surface area (Å²) in [7, 11) is 0. The molecule has 2 heterocycles. The molecule has 0 spiro atoms. The fraction of sp³-hybridized carbons (Fsp3) is 0.417. The Labute approximate surface area is 115 Å². The second kappa shape index (κ2) is 5.16. The van der Waals surface area contributed by atoms with Gasteiger partial charge in [0.15, 0.2) is 0 Å². The van der Waals surface area contributed by atoms with Gasteiger partial charge in [-0.25, -0.2) is 4.68 Å². The molecule has 0 atom stereocenters. The van der Waals surface area contributed by atoms with Crippen LogP contribution in [0.2, 0.25) is 0 Å². The van der Waals surface area contributed by atoms with Gasteiger partial charge in [0.25, 0.3) is 0 Å². The third-order valence-electron chi connectivity index (χ3n) is 2.35. The van der Waals surface area contributed by atoms with Gasteiger partial charge in [-0.05, 0) is 42.8 Å². The highest BCUT2D eigenvalue weighted by Crippen LogP contribution is 2.14. The highest BCUT2D eigenvalue weighted by Gasteiger charge is 2.12. The van der Waals surface area contributed by atoms with Gasteiger partial charge in [0.05, 0.1) is 23.8 Å². The first-order valence-electron chi connectivity index (χ1n) is 5.71. The largest absolute Gasteiger partial charge is 0.306 e. The summed E-state index contributed by atoms with van der Waals surface area (Å²) in [4.78, 5) is 4.13. The van der Waals surface area contributed by atoms with Gasteiger partial charge in [0.2, 0.25) is 0 Å². The summed E-state index contributed by atoms with van der Waals surface area (Å²) in [5.74, 6) is 0. The van der Waals surface area contributed by atoms with Crippen LogP contribution in [-0.2, 0) is 6.54 Å². The average Bonchev–Trinajstić information content (AvgIpc) is 2.73. The number of hydrogen-bond donors (Lipinski definition) is 1. The van der Waals surface area contributed by atoms with Crippen molar-refractivity contribution in [2.45, 2.75) is 32.9 Å². The first kappa shape index (κ1) is 13.2. The van der Waals surface area contributed by atoms with Gasteiger partial charge in [-0.1, -0.05) is 5.21 Å². The van der Waals surface area contributed by atoms with E-state index in [0.717, 1.165) is 15.9 Å². The normalized spacial score (nSPS) is 11.8. The fourth-order valence-corrected chi connectivity index (χ4v) is 1.82. The van der Waals surface area contributed by atoms with Crippen LogP contribution in [0.3, 0.4) is 0 Å². The monoisotopic (exact) mass is 309 g/mol. The molecule has 18 heavy (non-hydrogen) atoms. The summed E-state index contributed by atoms with van der Waals surface area (Å²) >= 11 is 3.40. The van der Waals surface area contributed by atoms with Gasteiger partial charge in [0, 0.05) is 22.8 Å². The Bertz CT molecular complexity index is 529. The number of nitrogens with one attached hydrogen (secondary N) is 1. The third-order valence-corrected chi connectivity index (χ3v) is 2.79. The number of hydrogen-bond acceptors (Lipinski definition) is 4. The maximum atomic E-state index is 4.13.